The van der Waals surface area contributed by atoms with E-state index in [4.69, 9.17) is 9.73 Å². The van der Waals surface area contributed by atoms with Crippen molar-refractivity contribution in [2.24, 2.45) is 4.99 Å². The number of hydrogen-bond donors (Lipinski definition) is 1. The van der Waals surface area contributed by atoms with Crippen LogP contribution in [0.3, 0.4) is 0 Å². The van der Waals surface area contributed by atoms with Gasteiger partial charge in [0.25, 0.3) is 0 Å². The quantitative estimate of drug-likeness (QED) is 0.376. The standard InChI is InChI=1S/C28H29N3O3/c1-4-31(3)18-19-11-14-22(15-12-19)29-26(20-9-7-6-8-10-20)25-23-16-13-21(28(33)34-5-2)17-24(23)30-27(25)32/h6-17,25H,4-5,18H2,1-3H3,(H,30,32). The van der Waals surface area contributed by atoms with Crippen molar-refractivity contribution in [3.05, 3.63) is 95.1 Å². The minimum atomic E-state index is -0.584. The third kappa shape index (κ3) is 5.07. The van der Waals surface area contributed by atoms with Crippen LogP contribution in [0.1, 0.15) is 46.8 Å². The molecule has 1 heterocycles. The molecule has 0 fully saturated rings. The lowest BCUT2D eigenvalue weighted by atomic mass is 9.90. The number of carbonyl (C=O) groups excluding carboxylic acids is 2. The van der Waals surface area contributed by atoms with Crippen LogP contribution in [0.2, 0.25) is 0 Å². The summed E-state index contributed by atoms with van der Waals surface area (Å²) in [5.41, 5.74) is 5.35. The second kappa shape index (κ2) is 10.4. The SMILES string of the molecule is CCOC(=O)c1ccc2c(c1)NC(=O)C2C(=Nc1ccc(CN(C)CC)cc1)c1ccccc1. The number of nitrogens with one attached hydrogen (secondary N) is 1. The maximum Gasteiger partial charge on any atom is 0.338 e. The number of anilines is 1. The van der Waals surface area contributed by atoms with Gasteiger partial charge in [0.05, 0.1) is 23.6 Å². The van der Waals surface area contributed by atoms with Gasteiger partial charge in [-0.1, -0.05) is 55.5 Å². The van der Waals surface area contributed by atoms with E-state index in [9.17, 15) is 9.59 Å². The lowest BCUT2D eigenvalue weighted by molar-refractivity contribution is -0.115. The molecule has 0 saturated carbocycles. The minimum absolute atomic E-state index is 0.167. The third-order valence-corrected chi connectivity index (χ3v) is 5.92. The first kappa shape index (κ1) is 23.4. The summed E-state index contributed by atoms with van der Waals surface area (Å²) in [4.78, 5) is 32.5. The summed E-state index contributed by atoms with van der Waals surface area (Å²) in [6.45, 7) is 6.04. The Morgan fingerprint density at radius 2 is 1.74 bits per heavy atom. The molecule has 6 heteroatoms. The maximum absolute atomic E-state index is 13.1. The number of esters is 1. The number of aliphatic imine (C=N–C) groups is 1. The first-order valence-electron chi connectivity index (χ1n) is 11.5. The highest BCUT2D eigenvalue weighted by atomic mass is 16.5. The van der Waals surface area contributed by atoms with Crippen LogP contribution in [0.25, 0.3) is 0 Å². The van der Waals surface area contributed by atoms with Crippen molar-refractivity contribution >= 4 is 29.0 Å². The number of hydrogen-bond acceptors (Lipinski definition) is 5. The number of fused-ring (bicyclic) bond motifs is 1. The van der Waals surface area contributed by atoms with Crippen LogP contribution in [0.5, 0.6) is 0 Å². The van der Waals surface area contributed by atoms with Gasteiger partial charge in [-0.15, -0.1) is 0 Å². The summed E-state index contributed by atoms with van der Waals surface area (Å²) >= 11 is 0. The molecule has 4 rings (SSSR count). The number of amides is 1. The van der Waals surface area contributed by atoms with E-state index >= 15 is 0 Å². The molecule has 0 radical (unpaired) electrons. The molecule has 1 unspecified atom stereocenters. The maximum atomic E-state index is 13.1. The van der Waals surface area contributed by atoms with Crippen LogP contribution < -0.4 is 5.32 Å². The van der Waals surface area contributed by atoms with Crippen LogP contribution in [0.4, 0.5) is 11.4 Å². The van der Waals surface area contributed by atoms with E-state index in [0.29, 0.717) is 23.6 Å². The van der Waals surface area contributed by atoms with Crippen molar-refractivity contribution in [1.29, 1.82) is 0 Å². The number of rotatable bonds is 8. The van der Waals surface area contributed by atoms with Gasteiger partial charge in [-0.2, -0.15) is 0 Å². The molecule has 6 nitrogen and oxygen atoms in total. The van der Waals surface area contributed by atoms with Crippen molar-refractivity contribution in [1.82, 2.24) is 4.90 Å². The Kier molecular flexibility index (Phi) is 7.18. The molecular weight excluding hydrogens is 426 g/mol. The molecular formula is C28H29N3O3. The number of benzene rings is 3. The molecule has 1 amide bonds. The molecule has 1 aliphatic rings. The fourth-order valence-corrected chi connectivity index (χ4v) is 4.02. The van der Waals surface area contributed by atoms with Crippen LogP contribution in [-0.2, 0) is 16.1 Å². The number of ether oxygens (including phenoxy) is 1. The highest BCUT2D eigenvalue weighted by Gasteiger charge is 2.36. The van der Waals surface area contributed by atoms with Crippen molar-refractivity contribution in [2.45, 2.75) is 26.3 Å². The van der Waals surface area contributed by atoms with E-state index in [2.05, 4.69) is 36.3 Å². The molecule has 0 aliphatic carbocycles. The Morgan fingerprint density at radius 1 is 1.00 bits per heavy atom. The normalized spacial score (nSPS) is 15.2. The summed E-state index contributed by atoms with van der Waals surface area (Å²) in [5, 5.41) is 2.92. The van der Waals surface area contributed by atoms with Crippen LogP contribution in [-0.4, -0.2) is 42.7 Å². The van der Waals surface area contributed by atoms with E-state index in [-0.39, 0.29) is 5.91 Å². The smallest absolute Gasteiger partial charge is 0.338 e. The predicted octanol–water partition coefficient (Wildman–Crippen LogP) is 5.17. The lowest BCUT2D eigenvalue weighted by Gasteiger charge is -2.15. The van der Waals surface area contributed by atoms with Crippen molar-refractivity contribution in [3.8, 4) is 0 Å². The minimum Gasteiger partial charge on any atom is -0.462 e. The zero-order valence-electron chi connectivity index (χ0n) is 19.7. The molecule has 0 saturated heterocycles. The van der Waals surface area contributed by atoms with E-state index < -0.39 is 11.9 Å². The van der Waals surface area contributed by atoms with Crippen LogP contribution >= 0.6 is 0 Å². The summed E-state index contributed by atoms with van der Waals surface area (Å²) in [6.07, 6.45) is 0. The molecule has 3 aromatic rings. The van der Waals surface area contributed by atoms with Crippen molar-refractivity contribution in [3.63, 3.8) is 0 Å². The number of carbonyl (C=O) groups is 2. The highest BCUT2D eigenvalue weighted by Crippen LogP contribution is 2.37. The molecule has 1 aliphatic heterocycles. The Hall–Kier alpha value is -3.77. The Balaban J connectivity index is 1.72. The van der Waals surface area contributed by atoms with Gasteiger partial charge >= 0.3 is 5.97 Å². The van der Waals surface area contributed by atoms with Crippen molar-refractivity contribution in [2.75, 3.05) is 25.5 Å². The van der Waals surface area contributed by atoms with Gasteiger partial charge in [0, 0.05) is 12.2 Å². The van der Waals surface area contributed by atoms with E-state index in [1.165, 1.54) is 5.56 Å². The predicted molar refractivity (Wildman–Crippen MR) is 135 cm³/mol. The summed E-state index contributed by atoms with van der Waals surface area (Å²) in [6, 6.07) is 23.0. The zero-order chi connectivity index (χ0) is 24.1. The van der Waals surface area contributed by atoms with Gasteiger partial charge in [-0.25, -0.2) is 4.79 Å². The third-order valence-electron chi connectivity index (χ3n) is 5.92. The average molecular weight is 456 g/mol. The highest BCUT2D eigenvalue weighted by molar-refractivity contribution is 6.24. The molecule has 3 aromatic carbocycles. The van der Waals surface area contributed by atoms with Crippen molar-refractivity contribution < 1.29 is 14.3 Å². The van der Waals surface area contributed by atoms with Crippen LogP contribution in [0, 0.1) is 0 Å². The van der Waals surface area contributed by atoms with Gasteiger partial charge in [0.1, 0.15) is 5.92 Å². The Bertz CT molecular complexity index is 1200. The van der Waals surface area contributed by atoms with Gasteiger partial charge < -0.3 is 15.0 Å². The van der Waals surface area contributed by atoms with Crippen LogP contribution in [0.15, 0.2) is 77.8 Å². The molecule has 0 spiro atoms. The molecule has 1 N–H and O–H groups in total. The summed E-state index contributed by atoms with van der Waals surface area (Å²) in [7, 11) is 2.09. The topological polar surface area (TPSA) is 71.0 Å². The van der Waals surface area contributed by atoms with Gasteiger partial charge in [0.2, 0.25) is 5.91 Å². The van der Waals surface area contributed by atoms with E-state index in [1.54, 1.807) is 19.1 Å². The summed E-state index contributed by atoms with van der Waals surface area (Å²) < 4.78 is 5.10. The second-order valence-electron chi connectivity index (χ2n) is 8.30. The lowest BCUT2D eigenvalue weighted by Crippen LogP contribution is -2.22. The fourth-order valence-electron chi connectivity index (χ4n) is 4.02. The van der Waals surface area contributed by atoms with Gasteiger partial charge in [0.15, 0.2) is 0 Å². The van der Waals surface area contributed by atoms with E-state index in [1.807, 2.05) is 48.5 Å². The molecule has 1 atom stereocenters. The molecule has 0 bridgehead atoms. The monoisotopic (exact) mass is 455 g/mol. The Labute approximate surface area is 200 Å². The molecule has 0 aromatic heterocycles. The average Bonchev–Trinajstić information content (AvgIpc) is 3.18. The molecule has 34 heavy (non-hydrogen) atoms. The zero-order valence-corrected chi connectivity index (χ0v) is 19.7. The first-order chi connectivity index (χ1) is 16.5. The summed E-state index contributed by atoms with van der Waals surface area (Å²) in [5.74, 6) is -1.16. The first-order valence-corrected chi connectivity index (χ1v) is 11.5. The van der Waals surface area contributed by atoms with Gasteiger partial charge in [-0.3, -0.25) is 9.79 Å². The van der Waals surface area contributed by atoms with E-state index in [0.717, 1.165) is 29.9 Å². The Morgan fingerprint density at radius 3 is 2.41 bits per heavy atom. The second-order valence-corrected chi connectivity index (χ2v) is 8.30. The number of nitrogens with zero attached hydrogens (tertiary/aromatic N) is 2. The fraction of sp³-hybridized carbons (Fsp3) is 0.250. The largest absolute Gasteiger partial charge is 0.462 e. The molecule has 174 valence electrons. The van der Waals surface area contributed by atoms with Gasteiger partial charge in [-0.05, 0) is 61.5 Å².